The van der Waals surface area contributed by atoms with Gasteiger partial charge in [-0.15, -0.1) is 0 Å². The predicted octanol–water partition coefficient (Wildman–Crippen LogP) is 1.88. The number of rotatable bonds is 8. The smallest absolute Gasteiger partial charge is 0.407 e. The zero-order valence-corrected chi connectivity index (χ0v) is 15.2. The molecule has 1 aromatic heterocycles. The Kier molecular flexibility index (Phi) is 6.23. The molecule has 3 rings (SSSR count). The molecule has 9 heteroatoms. The quantitative estimate of drug-likeness (QED) is 0.556. The van der Waals surface area contributed by atoms with Crippen molar-refractivity contribution in [3.8, 4) is 0 Å². The van der Waals surface area contributed by atoms with Crippen molar-refractivity contribution in [1.29, 1.82) is 0 Å². The number of nitro benzene ring substituents is 1. The first kappa shape index (κ1) is 19.1. The summed E-state index contributed by atoms with van der Waals surface area (Å²) in [5.74, 6) is -0.612. The maximum absolute atomic E-state index is 12.0. The molecule has 0 atom stereocenters. The zero-order valence-electron chi connectivity index (χ0n) is 15.2. The second kappa shape index (κ2) is 8.81. The van der Waals surface area contributed by atoms with Crippen molar-refractivity contribution in [2.75, 3.05) is 26.2 Å². The van der Waals surface area contributed by atoms with Gasteiger partial charge >= 0.3 is 5.76 Å². The Morgan fingerprint density at radius 2 is 2.00 bits per heavy atom. The highest BCUT2D eigenvalue weighted by molar-refractivity contribution is 5.76. The van der Waals surface area contributed by atoms with Crippen molar-refractivity contribution in [2.45, 2.75) is 38.6 Å². The van der Waals surface area contributed by atoms with Crippen LogP contribution in [-0.2, 0) is 11.3 Å². The maximum atomic E-state index is 12.0. The first-order valence-electron chi connectivity index (χ1n) is 9.31. The lowest BCUT2D eigenvalue weighted by molar-refractivity contribution is -0.384. The molecule has 1 fully saturated rings. The molecule has 0 aliphatic carbocycles. The normalized spacial score (nSPS) is 15.1. The number of hydrogen-bond donors (Lipinski definition) is 1. The lowest BCUT2D eigenvalue weighted by Gasteiger charge is -2.26. The number of aryl methyl sites for hydroxylation is 1. The highest BCUT2D eigenvalue weighted by Crippen LogP contribution is 2.20. The van der Waals surface area contributed by atoms with E-state index in [0.717, 1.165) is 19.6 Å². The number of oxazole rings is 1. The van der Waals surface area contributed by atoms with E-state index < -0.39 is 10.7 Å². The van der Waals surface area contributed by atoms with E-state index >= 15 is 0 Å². The van der Waals surface area contributed by atoms with Crippen LogP contribution in [0.2, 0.25) is 0 Å². The van der Waals surface area contributed by atoms with E-state index in [-0.39, 0.29) is 17.2 Å². The Labute approximate surface area is 156 Å². The van der Waals surface area contributed by atoms with Gasteiger partial charge in [-0.25, -0.2) is 4.79 Å². The van der Waals surface area contributed by atoms with Gasteiger partial charge in [-0.2, -0.15) is 0 Å². The van der Waals surface area contributed by atoms with Gasteiger partial charge in [0.05, 0.1) is 16.5 Å². The molecule has 0 spiro atoms. The van der Waals surface area contributed by atoms with Crippen LogP contribution in [0, 0.1) is 10.1 Å². The molecule has 0 radical (unpaired) electrons. The number of amides is 1. The van der Waals surface area contributed by atoms with Crippen molar-refractivity contribution in [3.63, 3.8) is 0 Å². The maximum Gasteiger partial charge on any atom is 0.419 e. The van der Waals surface area contributed by atoms with Gasteiger partial charge in [0.25, 0.3) is 5.69 Å². The minimum Gasteiger partial charge on any atom is -0.407 e. The highest BCUT2D eigenvalue weighted by atomic mass is 16.6. The number of benzene rings is 1. The van der Waals surface area contributed by atoms with E-state index in [1.807, 2.05) is 0 Å². The first-order valence-corrected chi connectivity index (χ1v) is 9.31. The standard InChI is InChI=1S/C18H24N4O5/c23-17(19-8-12-20-9-2-1-3-10-20)5-4-11-21-15-7-6-14(22(25)26)13-16(15)27-18(21)24/h6-7,13H,1-5,8-12H2,(H,19,23). The SMILES string of the molecule is O=C(CCCn1c(=O)oc2cc([N+](=O)[O-])ccc21)NCCN1CCCCC1. The Hall–Kier alpha value is -2.68. The van der Waals surface area contributed by atoms with Crippen LogP contribution in [0.5, 0.6) is 0 Å². The van der Waals surface area contributed by atoms with Gasteiger partial charge in [-0.3, -0.25) is 19.5 Å². The summed E-state index contributed by atoms with van der Waals surface area (Å²) in [5.41, 5.74) is 0.549. The molecular weight excluding hydrogens is 352 g/mol. The number of nitro groups is 1. The van der Waals surface area contributed by atoms with E-state index in [0.29, 0.717) is 31.4 Å². The molecule has 2 heterocycles. The molecule has 1 aliphatic rings. The third-order valence-electron chi connectivity index (χ3n) is 4.85. The molecule has 9 nitrogen and oxygen atoms in total. The largest absolute Gasteiger partial charge is 0.419 e. The summed E-state index contributed by atoms with van der Waals surface area (Å²) in [6.07, 6.45) is 4.54. The highest BCUT2D eigenvalue weighted by Gasteiger charge is 2.14. The fraction of sp³-hybridized carbons (Fsp3) is 0.556. The number of hydrogen-bond acceptors (Lipinski definition) is 6. The van der Waals surface area contributed by atoms with Crippen LogP contribution < -0.4 is 11.1 Å². The van der Waals surface area contributed by atoms with Gasteiger partial charge in [-0.1, -0.05) is 6.42 Å². The molecule has 1 aliphatic heterocycles. The molecule has 1 amide bonds. The average molecular weight is 376 g/mol. The Bertz CT molecular complexity index is 866. The van der Waals surface area contributed by atoms with E-state index in [1.165, 1.54) is 42.0 Å². The summed E-state index contributed by atoms with van der Waals surface area (Å²) >= 11 is 0. The summed E-state index contributed by atoms with van der Waals surface area (Å²) in [6, 6.07) is 4.07. The topological polar surface area (TPSA) is 111 Å². The zero-order chi connectivity index (χ0) is 19.2. The lowest BCUT2D eigenvalue weighted by atomic mass is 10.1. The molecular formula is C18H24N4O5. The van der Waals surface area contributed by atoms with Crippen molar-refractivity contribution in [2.24, 2.45) is 0 Å². The second-order valence-electron chi connectivity index (χ2n) is 6.78. The predicted molar refractivity (Wildman–Crippen MR) is 99.7 cm³/mol. The molecule has 1 saturated heterocycles. The van der Waals surface area contributed by atoms with Gasteiger partial charge in [0, 0.05) is 32.1 Å². The van der Waals surface area contributed by atoms with Crippen molar-refractivity contribution in [1.82, 2.24) is 14.8 Å². The number of fused-ring (bicyclic) bond motifs is 1. The molecule has 146 valence electrons. The monoisotopic (exact) mass is 376 g/mol. The van der Waals surface area contributed by atoms with Crippen LogP contribution in [0.15, 0.2) is 27.4 Å². The van der Waals surface area contributed by atoms with Gasteiger partial charge in [0.2, 0.25) is 5.91 Å². The minimum atomic E-state index is -0.573. The Morgan fingerprint density at radius 1 is 1.22 bits per heavy atom. The summed E-state index contributed by atoms with van der Waals surface area (Å²) in [7, 11) is 0. The first-order chi connectivity index (χ1) is 13.0. The fourth-order valence-corrected chi connectivity index (χ4v) is 3.40. The van der Waals surface area contributed by atoms with E-state index in [2.05, 4.69) is 10.2 Å². The van der Waals surface area contributed by atoms with E-state index in [1.54, 1.807) is 0 Å². The van der Waals surface area contributed by atoms with Crippen LogP contribution in [0.25, 0.3) is 11.1 Å². The Balaban J connectivity index is 1.47. The van der Waals surface area contributed by atoms with Crippen molar-refractivity contribution in [3.05, 3.63) is 38.9 Å². The molecule has 1 N–H and O–H groups in total. The number of carbonyl (C=O) groups excluding carboxylic acids is 1. The van der Waals surface area contributed by atoms with Gasteiger partial charge in [0.15, 0.2) is 5.58 Å². The third-order valence-corrected chi connectivity index (χ3v) is 4.85. The van der Waals surface area contributed by atoms with Crippen LogP contribution in [-0.4, -0.2) is 46.5 Å². The number of carbonyl (C=O) groups is 1. The molecule has 0 saturated carbocycles. The molecule has 27 heavy (non-hydrogen) atoms. The number of aromatic nitrogens is 1. The van der Waals surface area contributed by atoms with Crippen LogP contribution in [0.4, 0.5) is 5.69 Å². The minimum absolute atomic E-state index is 0.0384. The number of piperidine rings is 1. The molecule has 0 bridgehead atoms. The van der Waals surface area contributed by atoms with Gasteiger partial charge < -0.3 is 14.6 Å². The molecule has 2 aromatic rings. The van der Waals surface area contributed by atoms with Gasteiger partial charge in [-0.05, 0) is 38.4 Å². The number of likely N-dealkylation sites (tertiary alicyclic amines) is 1. The van der Waals surface area contributed by atoms with Crippen LogP contribution in [0.3, 0.4) is 0 Å². The third kappa shape index (κ3) is 4.94. The number of nitrogens with zero attached hydrogens (tertiary/aromatic N) is 3. The summed E-state index contributed by atoms with van der Waals surface area (Å²) < 4.78 is 6.48. The molecule has 1 aromatic carbocycles. The molecule has 0 unspecified atom stereocenters. The Morgan fingerprint density at radius 3 is 2.74 bits per heavy atom. The number of non-ortho nitro benzene ring substituents is 1. The van der Waals surface area contributed by atoms with Crippen molar-refractivity contribution < 1.29 is 14.1 Å². The summed E-state index contributed by atoms with van der Waals surface area (Å²) in [4.78, 5) is 36.6. The van der Waals surface area contributed by atoms with E-state index in [9.17, 15) is 19.7 Å². The average Bonchev–Trinajstić information content (AvgIpc) is 2.97. The lowest BCUT2D eigenvalue weighted by Crippen LogP contribution is -2.37. The summed E-state index contributed by atoms with van der Waals surface area (Å²) in [6.45, 7) is 4.03. The van der Waals surface area contributed by atoms with Crippen LogP contribution >= 0.6 is 0 Å². The van der Waals surface area contributed by atoms with Crippen LogP contribution in [0.1, 0.15) is 32.1 Å². The van der Waals surface area contributed by atoms with Gasteiger partial charge in [0.1, 0.15) is 0 Å². The van der Waals surface area contributed by atoms with E-state index in [4.69, 9.17) is 4.42 Å². The van der Waals surface area contributed by atoms with Crippen molar-refractivity contribution >= 4 is 22.7 Å². The number of nitrogens with one attached hydrogen (secondary N) is 1. The second-order valence-corrected chi connectivity index (χ2v) is 6.78. The fourth-order valence-electron chi connectivity index (χ4n) is 3.40. The summed E-state index contributed by atoms with van der Waals surface area (Å²) in [5, 5.41) is 13.7.